The predicted molar refractivity (Wildman–Crippen MR) is 106 cm³/mol. The number of carbonyl (C=O) groups is 2. The Hall–Kier alpha value is -2.02. The Morgan fingerprint density at radius 1 is 1.32 bits per heavy atom. The minimum absolute atomic E-state index is 0.0809. The first-order chi connectivity index (χ1) is 13.3. The maximum atomic E-state index is 13.0. The summed E-state index contributed by atoms with van der Waals surface area (Å²) in [5, 5.41) is 3.42. The first kappa shape index (κ1) is 19.3. The molecule has 0 radical (unpaired) electrons. The van der Waals surface area contributed by atoms with Crippen LogP contribution in [-0.4, -0.2) is 63.3 Å². The SMILES string of the molecule is CC(C)(C)N1CC(C(=O)N2CCc3nc(C4CCCNC4)ncc3C2)CC1=O. The van der Waals surface area contributed by atoms with Gasteiger partial charge in [-0.2, -0.15) is 0 Å². The molecule has 1 aromatic rings. The number of amides is 2. The van der Waals surface area contributed by atoms with Crippen molar-refractivity contribution in [1.29, 1.82) is 0 Å². The Bertz CT molecular complexity index is 767. The highest BCUT2D eigenvalue weighted by molar-refractivity contribution is 5.89. The Balaban J connectivity index is 1.43. The van der Waals surface area contributed by atoms with Crippen LogP contribution in [0.1, 0.15) is 63.0 Å². The van der Waals surface area contributed by atoms with Crippen LogP contribution < -0.4 is 5.32 Å². The fourth-order valence-corrected chi connectivity index (χ4v) is 4.57. The largest absolute Gasteiger partial charge is 0.338 e. The number of fused-ring (bicyclic) bond motifs is 1. The lowest BCUT2D eigenvalue weighted by atomic mass is 9.97. The van der Waals surface area contributed by atoms with Gasteiger partial charge in [-0.1, -0.05) is 0 Å². The standard InChI is InChI=1S/C21H31N5O2/c1-21(2,3)26-13-15(9-18(26)27)20(28)25-8-6-17-16(12-25)11-23-19(24-17)14-5-4-7-22-10-14/h11,14-15,22H,4-10,12-13H2,1-3H3. The molecule has 0 aromatic carbocycles. The fourth-order valence-electron chi connectivity index (χ4n) is 4.57. The van der Waals surface area contributed by atoms with Gasteiger partial charge in [0.1, 0.15) is 5.82 Å². The lowest BCUT2D eigenvalue weighted by molar-refractivity contribution is -0.136. The highest BCUT2D eigenvalue weighted by atomic mass is 16.2. The minimum atomic E-state index is -0.237. The molecule has 0 aliphatic carbocycles. The number of piperidine rings is 1. The Labute approximate surface area is 166 Å². The van der Waals surface area contributed by atoms with Gasteiger partial charge < -0.3 is 15.1 Å². The summed E-state index contributed by atoms with van der Waals surface area (Å²) in [6, 6.07) is 0. The monoisotopic (exact) mass is 385 g/mol. The van der Waals surface area contributed by atoms with E-state index in [1.54, 1.807) is 0 Å². The second kappa shape index (κ2) is 7.43. The van der Waals surface area contributed by atoms with Crippen molar-refractivity contribution in [3.05, 3.63) is 23.3 Å². The Morgan fingerprint density at radius 3 is 2.82 bits per heavy atom. The highest BCUT2D eigenvalue weighted by Crippen LogP contribution is 2.29. The second-order valence-corrected chi connectivity index (χ2v) is 9.33. The number of hydrogen-bond acceptors (Lipinski definition) is 5. The van der Waals surface area contributed by atoms with Crippen LogP contribution in [0.2, 0.25) is 0 Å². The van der Waals surface area contributed by atoms with Crippen molar-refractivity contribution < 1.29 is 9.59 Å². The molecule has 2 atom stereocenters. The van der Waals surface area contributed by atoms with E-state index in [2.05, 4.69) is 10.3 Å². The summed E-state index contributed by atoms with van der Waals surface area (Å²) in [4.78, 5) is 38.5. The molecular formula is C21H31N5O2. The first-order valence-electron chi connectivity index (χ1n) is 10.5. The molecule has 2 amide bonds. The molecule has 7 heteroatoms. The molecule has 4 rings (SSSR count). The van der Waals surface area contributed by atoms with E-state index in [1.165, 1.54) is 6.42 Å². The molecule has 3 aliphatic rings. The van der Waals surface area contributed by atoms with Gasteiger partial charge in [0.05, 0.1) is 11.6 Å². The molecule has 4 heterocycles. The van der Waals surface area contributed by atoms with Crippen LogP contribution in [0.15, 0.2) is 6.20 Å². The summed E-state index contributed by atoms with van der Waals surface area (Å²) in [7, 11) is 0. The molecule has 2 unspecified atom stereocenters. The number of carbonyl (C=O) groups excluding carboxylic acids is 2. The quantitative estimate of drug-likeness (QED) is 0.834. The molecule has 3 aliphatic heterocycles. The molecule has 28 heavy (non-hydrogen) atoms. The molecule has 0 spiro atoms. The second-order valence-electron chi connectivity index (χ2n) is 9.33. The van der Waals surface area contributed by atoms with Crippen LogP contribution in [0.3, 0.4) is 0 Å². The van der Waals surface area contributed by atoms with Gasteiger partial charge >= 0.3 is 0 Å². The molecule has 2 fully saturated rings. The van der Waals surface area contributed by atoms with E-state index in [1.807, 2.05) is 36.8 Å². The molecule has 0 saturated carbocycles. The lowest BCUT2D eigenvalue weighted by Crippen LogP contribution is -2.44. The zero-order valence-electron chi connectivity index (χ0n) is 17.2. The van der Waals surface area contributed by atoms with Gasteiger partial charge in [0.25, 0.3) is 0 Å². The third kappa shape index (κ3) is 3.77. The number of aromatic nitrogens is 2. The molecule has 1 N–H and O–H groups in total. The number of rotatable bonds is 2. The molecular weight excluding hydrogens is 354 g/mol. The molecule has 2 saturated heterocycles. The normalized spacial score (nSPS) is 25.8. The number of nitrogens with one attached hydrogen (secondary N) is 1. The number of nitrogens with zero attached hydrogens (tertiary/aromatic N) is 4. The summed E-state index contributed by atoms with van der Waals surface area (Å²) in [5.74, 6) is 1.27. The van der Waals surface area contributed by atoms with E-state index >= 15 is 0 Å². The van der Waals surface area contributed by atoms with E-state index in [0.717, 1.165) is 43.0 Å². The predicted octanol–water partition coefficient (Wildman–Crippen LogP) is 1.48. The topological polar surface area (TPSA) is 78.4 Å². The van der Waals surface area contributed by atoms with Crippen LogP contribution in [0.4, 0.5) is 0 Å². The van der Waals surface area contributed by atoms with Crippen molar-refractivity contribution in [3.63, 3.8) is 0 Å². The minimum Gasteiger partial charge on any atom is -0.338 e. The summed E-state index contributed by atoms with van der Waals surface area (Å²) in [5.41, 5.74) is 1.89. The lowest BCUT2D eigenvalue weighted by Gasteiger charge is -2.33. The molecule has 152 valence electrons. The molecule has 0 bridgehead atoms. The number of hydrogen-bond donors (Lipinski definition) is 1. The summed E-state index contributed by atoms with van der Waals surface area (Å²) < 4.78 is 0. The van der Waals surface area contributed by atoms with Crippen molar-refractivity contribution in [2.24, 2.45) is 5.92 Å². The van der Waals surface area contributed by atoms with Gasteiger partial charge in [0, 0.05) is 62.2 Å². The van der Waals surface area contributed by atoms with Crippen LogP contribution in [0.25, 0.3) is 0 Å². The van der Waals surface area contributed by atoms with E-state index in [-0.39, 0.29) is 23.3 Å². The average molecular weight is 386 g/mol. The maximum absolute atomic E-state index is 13.0. The van der Waals surface area contributed by atoms with Gasteiger partial charge in [-0.3, -0.25) is 9.59 Å². The van der Waals surface area contributed by atoms with Gasteiger partial charge in [-0.25, -0.2) is 9.97 Å². The smallest absolute Gasteiger partial charge is 0.228 e. The van der Waals surface area contributed by atoms with E-state index in [9.17, 15) is 9.59 Å². The zero-order chi connectivity index (χ0) is 19.9. The summed E-state index contributed by atoms with van der Waals surface area (Å²) in [6.45, 7) is 9.83. The Kier molecular flexibility index (Phi) is 5.12. The van der Waals surface area contributed by atoms with Gasteiger partial charge in [-0.05, 0) is 40.2 Å². The average Bonchev–Trinajstić information content (AvgIpc) is 3.09. The van der Waals surface area contributed by atoms with Crippen LogP contribution >= 0.6 is 0 Å². The van der Waals surface area contributed by atoms with E-state index < -0.39 is 0 Å². The van der Waals surface area contributed by atoms with Crippen molar-refractivity contribution in [3.8, 4) is 0 Å². The summed E-state index contributed by atoms with van der Waals surface area (Å²) >= 11 is 0. The van der Waals surface area contributed by atoms with Crippen molar-refractivity contribution in [2.45, 2.75) is 64.5 Å². The molecule has 7 nitrogen and oxygen atoms in total. The van der Waals surface area contributed by atoms with E-state index in [4.69, 9.17) is 4.98 Å². The van der Waals surface area contributed by atoms with Crippen molar-refractivity contribution in [1.82, 2.24) is 25.1 Å². The van der Waals surface area contributed by atoms with Gasteiger partial charge in [-0.15, -0.1) is 0 Å². The molecule has 1 aromatic heterocycles. The van der Waals surface area contributed by atoms with E-state index in [0.29, 0.717) is 32.0 Å². The summed E-state index contributed by atoms with van der Waals surface area (Å²) in [6.07, 6.45) is 5.30. The third-order valence-corrected chi connectivity index (χ3v) is 6.21. The highest BCUT2D eigenvalue weighted by Gasteiger charge is 2.41. The fraction of sp³-hybridized carbons (Fsp3) is 0.714. The van der Waals surface area contributed by atoms with Crippen LogP contribution in [-0.2, 0) is 22.6 Å². The third-order valence-electron chi connectivity index (χ3n) is 6.21. The van der Waals surface area contributed by atoms with Crippen molar-refractivity contribution in [2.75, 3.05) is 26.2 Å². The zero-order valence-corrected chi connectivity index (χ0v) is 17.2. The van der Waals surface area contributed by atoms with Crippen LogP contribution in [0, 0.1) is 5.92 Å². The van der Waals surface area contributed by atoms with Gasteiger partial charge in [0.15, 0.2) is 0 Å². The van der Waals surface area contributed by atoms with Crippen molar-refractivity contribution >= 4 is 11.8 Å². The first-order valence-corrected chi connectivity index (χ1v) is 10.5. The van der Waals surface area contributed by atoms with Gasteiger partial charge in [0.2, 0.25) is 11.8 Å². The van der Waals surface area contributed by atoms with Crippen LogP contribution in [0.5, 0.6) is 0 Å². The number of likely N-dealkylation sites (tertiary alicyclic amines) is 1. The maximum Gasteiger partial charge on any atom is 0.228 e. The Morgan fingerprint density at radius 2 is 2.14 bits per heavy atom.